The molecule has 4 nitrogen and oxygen atoms in total. The number of ketones is 1. The standard InChI is InChI=1S/C16H27N3O/c1-12(2)9-13(11-17)16(20)10-14-7-8-19(18-14)15-5-3-4-6-15/h7-8,12-13,15H,3-6,9-11,17H2,1-2H3. The predicted octanol–water partition coefficient (Wildman–Crippen LogP) is 2.73. The van der Waals surface area contributed by atoms with Crippen molar-refractivity contribution in [3.63, 3.8) is 0 Å². The lowest BCUT2D eigenvalue weighted by molar-refractivity contribution is -0.122. The monoisotopic (exact) mass is 277 g/mol. The molecule has 1 aromatic heterocycles. The van der Waals surface area contributed by atoms with E-state index < -0.39 is 0 Å². The topological polar surface area (TPSA) is 60.9 Å². The van der Waals surface area contributed by atoms with Crippen molar-refractivity contribution in [1.29, 1.82) is 0 Å². The molecule has 1 fully saturated rings. The van der Waals surface area contributed by atoms with Crippen molar-refractivity contribution in [2.24, 2.45) is 17.6 Å². The van der Waals surface area contributed by atoms with Crippen molar-refractivity contribution in [2.45, 2.75) is 58.4 Å². The Labute approximate surface area is 121 Å². The van der Waals surface area contributed by atoms with Crippen LogP contribution >= 0.6 is 0 Å². The second kappa shape index (κ2) is 7.02. The van der Waals surface area contributed by atoms with Crippen molar-refractivity contribution in [3.05, 3.63) is 18.0 Å². The molecule has 0 bridgehead atoms. The van der Waals surface area contributed by atoms with Crippen molar-refractivity contribution in [3.8, 4) is 0 Å². The van der Waals surface area contributed by atoms with Crippen molar-refractivity contribution in [1.82, 2.24) is 9.78 Å². The average molecular weight is 277 g/mol. The lowest BCUT2D eigenvalue weighted by Gasteiger charge is -2.15. The highest BCUT2D eigenvalue weighted by molar-refractivity contribution is 5.83. The molecule has 0 saturated heterocycles. The third kappa shape index (κ3) is 3.92. The van der Waals surface area contributed by atoms with Gasteiger partial charge in [-0.25, -0.2) is 0 Å². The molecule has 1 aliphatic rings. The Kier molecular flexibility index (Phi) is 5.35. The molecule has 2 rings (SSSR count). The molecule has 20 heavy (non-hydrogen) atoms. The molecule has 1 unspecified atom stereocenters. The maximum Gasteiger partial charge on any atom is 0.143 e. The molecule has 0 amide bonds. The molecule has 4 heteroatoms. The first-order valence-electron chi connectivity index (χ1n) is 7.87. The quantitative estimate of drug-likeness (QED) is 0.833. The van der Waals surface area contributed by atoms with E-state index in [9.17, 15) is 4.79 Å². The predicted molar refractivity (Wildman–Crippen MR) is 80.4 cm³/mol. The number of rotatable bonds is 7. The molecule has 1 aliphatic carbocycles. The SMILES string of the molecule is CC(C)CC(CN)C(=O)Cc1ccn(C2CCCC2)n1. The van der Waals surface area contributed by atoms with Gasteiger partial charge in [-0.1, -0.05) is 26.7 Å². The van der Waals surface area contributed by atoms with Crippen LogP contribution < -0.4 is 5.73 Å². The zero-order chi connectivity index (χ0) is 14.5. The van der Waals surface area contributed by atoms with E-state index in [1.165, 1.54) is 25.7 Å². The van der Waals surface area contributed by atoms with E-state index in [0.29, 0.717) is 24.9 Å². The molecule has 1 aromatic rings. The number of nitrogens with two attached hydrogens (primary N) is 1. The van der Waals surface area contributed by atoms with Gasteiger partial charge in [-0.05, 0) is 31.2 Å². The fraction of sp³-hybridized carbons (Fsp3) is 0.750. The highest BCUT2D eigenvalue weighted by Gasteiger charge is 2.21. The number of carbonyl (C=O) groups excluding carboxylic acids is 1. The number of carbonyl (C=O) groups is 1. The molecule has 0 aliphatic heterocycles. The Hall–Kier alpha value is -1.16. The zero-order valence-corrected chi connectivity index (χ0v) is 12.7. The van der Waals surface area contributed by atoms with Gasteiger partial charge in [0.2, 0.25) is 0 Å². The van der Waals surface area contributed by atoms with Gasteiger partial charge < -0.3 is 5.73 Å². The van der Waals surface area contributed by atoms with E-state index in [1.807, 2.05) is 12.3 Å². The van der Waals surface area contributed by atoms with Gasteiger partial charge in [0, 0.05) is 18.7 Å². The first-order chi connectivity index (χ1) is 9.60. The van der Waals surface area contributed by atoms with E-state index in [0.717, 1.165) is 12.1 Å². The third-order valence-corrected chi connectivity index (χ3v) is 4.21. The number of nitrogens with zero attached hydrogens (tertiary/aromatic N) is 2. The Morgan fingerprint density at radius 3 is 2.75 bits per heavy atom. The molecular weight excluding hydrogens is 250 g/mol. The summed E-state index contributed by atoms with van der Waals surface area (Å²) in [5.41, 5.74) is 6.63. The number of hydrogen-bond donors (Lipinski definition) is 1. The third-order valence-electron chi connectivity index (χ3n) is 4.21. The van der Waals surface area contributed by atoms with Gasteiger partial charge in [0.1, 0.15) is 5.78 Å². The van der Waals surface area contributed by atoms with Crippen LogP contribution in [0.4, 0.5) is 0 Å². The minimum absolute atomic E-state index is 0.0216. The van der Waals surface area contributed by atoms with Crippen LogP contribution in [0.5, 0.6) is 0 Å². The number of aromatic nitrogens is 2. The first kappa shape index (κ1) is 15.2. The molecular formula is C16H27N3O. The normalized spacial score (nSPS) is 17.8. The van der Waals surface area contributed by atoms with Crippen LogP contribution in [0.1, 0.15) is 57.7 Å². The van der Waals surface area contributed by atoms with E-state index >= 15 is 0 Å². The fourth-order valence-electron chi connectivity index (χ4n) is 3.09. The van der Waals surface area contributed by atoms with Gasteiger partial charge in [0.05, 0.1) is 18.2 Å². The summed E-state index contributed by atoms with van der Waals surface area (Å²) in [5.74, 6) is 0.716. The van der Waals surface area contributed by atoms with Crippen LogP contribution in [0.25, 0.3) is 0 Å². The summed E-state index contributed by atoms with van der Waals surface area (Å²) in [7, 11) is 0. The van der Waals surface area contributed by atoms with Crippen molar-refractivity contribution in [2.75, 3.05) is 6.54 Å². The minimum atomic E-state index is -0.0216. The number of hydrogen-bond acceptors (Lipinski definition) is 3. The van der Waals surface area contributed by atoms with Crippen LogP contribution in [0.3, 0.4) is 0 Å². The van der Waals surface area contributed by atoms with Gasteiger partial charge >= 0.3 is 0 Å². The summed E-state index contributed by atoms with van der Waals surface area (Å²) in [6, 6.07) is 2.53. The van der Waals surface area contributed by atoms with E-state index in [2.05, 4.69) is 23.6 Å². The highest BCUT2D eigenvalue weighted by atomic mass is 16.1. The largest absolute Gasteiger partial charge is 0.330 e. The van der Waals surface area contributed by atoms with Crippen LogP contribution in [0.2, 0.25) is 0 Å². The smallest absolute Gasteiger partial charge is 0.143 e. The lowest BCUT2D eigenvalue weighted by atomic mass is 9.91. The molecule has 112 valence electrons. The summed E-state index contributed by atoms with van der Waals surface area (Å²) < 4.78 is 2.05. The second-order valence-corrected chi connectivity index (χ2v) is 6.43. The Bertz CT molecular complexity index is 433. The molecule has 1 heterocycles. The van der Waals surface area contributed by atoms with Crippen molar-refractivity contribution >= 4 is 5.78 Å². The van der Waals surface area contributed by atoms with Gasteiger partial charge in [0.25, 0.3) is 0 Å². The lowest BCUT2D eigenvalue weighted by Crippen LogP contribution is -2.26. The first-order valence-corrected chi connectivity index (χ1v) is 7.87. The summed E-state index contributed by atoms with van der Waals surface area (Å²) >= 11 is 0. The van der Waals surface area contributed by atoms with Gasteiger partial charge in [0.15, 0.2) is 0 Å². The average Bonchev–Trinajstić information content (AvgIpc) is 3.05. The molecule has 2 N–H and O–H groups in total. The van der Waals surface area contributed by atoms with Crippen molar-refractivity contribution < 1.29 is 4.79 Å². The molecule has 0 aromatic carbocycles. The van der Waals surface area contributed by atoms with Gasteiger partial charge in [-0.15, -0.1) is 0 Å². The van der Waals surface area contributed by atoms with Crippen LogP contribution in [-0.4, -0.2) is 22.1 Å². The number of Topliss-reactive ketones (excluding diaryl/α,β-unsaturated/α-hetero) is 1. The Balaban J connectivity index is 1.93. The molecule has 1 saturated carbocycles. The fourth-order valence-corrected chi connectivity index (χ4v) is 3.09. The van der Waals surface area contributed by atoms with Crippen LogP contribution in [-0.2, 0) is 11.2 Å². The Morgan fingerprint density at radius 2 is 2.15 bits per heavy atom. The van der Waals surface area contributed by atoms with Crippen LogP contribution in [0.15, 0.2) is 12.3 Å². The minimum Gasteiger partial charge on any atom is -0.330 e. The van der Waals surface area contributed by atoms with E-state index in [4.69, 9.17) is 5.73 Å². The second-order valence-electron chi connectivity index (χ2n) is 6.43. The van der Waals surface area contributed by atoms with E-state index in [-0.39, 0.29) is 11.7 Å². The maximum absolute atomic E-state index is 12.3. The zero-order valence-electron chi connectivity index (χ0n) is 12.7. The molecule has 0 radical (unpaired) electrons. The highest BCUT2D eigenvalue weighted by Crippen LogP contribution is 2.28. The van der Waals surface area contributed by atoms with Crippen LogP contribution in [0, 0.1) is 11.8 Å². The molecule has 0 spiro atoms. The summed E-state index contributed by atoms with van der Waals surface area (Å²) in [5, 5.41) is 4.58. The van der Waals surface area contributed by atoms with Gasteiger partial charge in [-0.2, -0.15) is 5.10 Å². The summed E-state index contributed by atoms with van der Waals surface area (Å²) in [4.78, 5) is 12.3. The Morgan fingerprint density at radius 1 is 1.45 bits per heavy atom. The van der Waals surface area contributed by atoms with Gasteiger partial charge in [-0.3, -0.25) is 9.48 Å². The summed E-state index contributed by atoms with van der Waals surface area (Å²) in [6.45, 7) is 4.70. The summed E-state index contributed by atoms with van der Waals surface area (Å²) in [6.07, 6.45) is 8.35. The van der Waals surface area contributed by atoms with E-state index in [1.54, 1.807) is 0 Å². The maximum atomic E-state index is 12.3. The molecule has 1 atom stereocenters.